The predicted molar refractivity (Wildman–Crippen MR) is 109 cm³/mol. The Morgan fingerprint density at radius 2 is 1.83 bits per heavy atom. The summed E-state index contributed by atoms with van der Waals surface area (Å²) in [6.07, 6.45) is -0.369. The second kappa shape index (κ2) is 10.2. The van der Waals surface area contributed by atoms with Crippen molar-refractivity contribution in [1.29, 1.82) is 0 Å². The van der Waals surface area contributed by atoms with Crippen molar-refractivity contribution in [3.05, 3.63) is 58.1 Å². The number of aryl methyl sites for hydroxylation is 1. The van der Waals surface area contributed by atoms with Gasteiger partial charge in [-0.1, -0.05) is 6.07 Å². The van der Waals surface area contributed by atoms with Crippen molar-refractivity contribution >= 4 is 46.6 Å². The van der Waals surface area contributed by atoms with Gasteiger partial charge in [-0.15, -0.1) is 11.8 Å². The van der Waals surface area contributed by atoms with Crippen LogP contribution in [-0.4, -0.2) is 33.6 Å². The van der Waals surface area contributed by atoms with E-state index in [4.69, 9.17) is 5.11 Å². The number of nitro benzene ring substituents is 1. The summed E-state index contributed by atoms with van der Waals surface area (Å²) in [5.74, 6) is -1.62. The minimum atomic E-state index is -1.04. The molecule has 0 atom stereocenters. The second-order valence-corrected chi connectivity index (χ2v) is 7.11. The second-order valence-electron chi connectivity index (χ2n) is 6.06. The number of anilines is 2. The van der Waals surface area contributed by atoms with Gasteiger partial charge in [0.2, 0.25) is 11.8 Å². The van der Waals surface area contributed by atoms with Gasteiger partial charge in [-0.3, -0.25) is 24.5 Å². The molecular formula is C19H19N3O6S. The van der Waals surface area contributed by atoms with E-state index in [0.29, 0.717) is 16.9 Å². The number of hydrogen-bond donors (Lipinski definition) is 3. The largest absolute Gasteiger partial charge is 0.481 e. The lowest BCUT2D eigenvalue weighted by Gasteiger charge is -2.09. The van der Waals surface area contributed by atoms with Gasteiger partial charge in [-0.05, 0) is 36.8 Å². The Bertz CT molecular complexity index is 947. The molecule has 0 aliphatic rings. The Morgan fingerprint density at radius 3 is 2.48 bits per heavy atom. The normalized spacial score (nSPS) is 10.2. The van der Waals surface area contributed by atoms with Gasteiger partial charge >= 0.3 is 5.97 Å². The maximum Gasteiger partial charge on any atom is 0.303 e. The van der Waals surface area contributed by atoms with Crippen LogP contribution in [0.5, 0.6) is 0 Å². The Labute approximate surface area is 170 Å². The fourth-order valence-electron chi connectivity index (χ4n) is 2.34. The van der Waals surface area contributed by atoms with E-state index in [9.17, 15) is 24.5 Å². The van der Waals surface area contributed by atoms with Gasteiger partial charge in [-0.25, -0.2) is 0 Å². The van der Waals surface area contributed by atoms with E-state index in [1.165, 1.54) is 30.0 Å². The Kier molecular flexibility index (Phi) is 7.72. The summed E-state index contributed by atoms with van der Waals surface area (Å²) in [6, 6.07) is 11.1. The standard InChI is InChI=1S/C19H19N3O6S/c1-12-9-14(22(27)28)5-6-16(12)21-18(24)11-29-15-4-2-3-13(10-15)20-17(23)7-8-19(25)26/h2-6,9-10H,7-8,11H2,1H3,(H,20,23)(H,21,24)(H,25,26). The molecule has 10 heteroatoms. The molecule has 2 aromatic rings. The van der Waals surface area contributed by atoms with E-state index in [0.717, 1.165) is 4.90 Å². The molecule has 29 heavy (non-hydrogen) atoms. The first-order chi connectivity index (χ1) is 13.7. The van der Waals surface area contributed by atoms with Gasteiger partial charge in [0.1, 0.15) is 0 Å². The summed E-state index contributed by atoms with van der Waals surface area (Å²) in [6.45, 7) is 1.67. The number of nitro groups is 1. The van der Waals surface area contributed by atoms with Crippen LogP contribution >= 0.6 is 11.8 Å². The van der Waals surface area contributed by atoms with E-state index in [1.807, 2.05) is 0 Å². The van der Waals surface area contributed by atoms with Crippen LogP contribution in [0.4, 0.5) is 17.1 Å². The molecule has 0 aromatic heterocycles. The summed E-state index contributed by atoms with van der Waals surface area (Å²) in [5, 5.41) is 24.7. The van der Waals surface area contributed by atoms with Gasteiger partial charge in [-0.2, -0.15) is 0 Å². The van der Waals surface area contributed by atoms with Crippen molar-refractivity contribution in [2.75, 3.05) is 16.4 Å². The molecule has 0 radical (unpaired) electrons. The number of non-ortho nitro benzene ring substituents is 1. The first-order valence-electron chi connectivity index (χ1n) is 8.54. The van der Waals surface area contributed by atoms with Crippen molar-refractivity contribution in [3.63, 3.8) is 0 Å². The number of hydrogen-bond acceptors (Lipinski definition) is 6. The van der Waals surface area contributed by atoms with Gasteiger partial charge < -0.3 is 15.7 Å². The smallest absolute Gasteiger partial charge is 0.303 e. The topological polar surface area (TPSA) is 139 Å². The third kappa shape index (κ3) is 7.26. The van der Waals surface area contributed by atoms with Crippen molar-refractivity contribution in [1.82, 2.24) is 0 Å². The maximum absolute atomic E-state index is 12.2. The fraction of sp³-hybridized carbons (Fsp3) is 0.211. The molecule has 2 aromatic carbocycles. The number of aliphatic carboxylic acids is 1. The maximum atomic E-state index is 12.2. The third-order valence-corrected chi connectivity index (χ3v) is 4.74. The summed E-state index contributed by atoms with van der Waals surface area (Å²) in [7, 11) is 0. The zero-order chi connectivity index (χ0) is 21.4. The van der Waals surface area contributed by atoms with E-state index in [1.54, 1.807) is 31.2 Å². The number of carbonyl (C=O) groups excluding carboxylic acids is 2. The number of benzene rings is 2. The number of carboxylic acids is 1. The van der Waals surface area contributed by atoms with Crippen LogP contribution in [0, 0.1) is 17.0 Å². The third-order valence-electron chi connectivity index (χ3n) is 3.75. The Hall–Kier alpha value is -3.40. The lowest BCUT2D eigenvalue weighted by atomic mass is 10.2. The number of amides is 2. The summed E-state index contributed by atoms with van der Waals surface area (Å²) in [5.41, 5.74) is 1.55. The molecule has 0 aliphatic carbocycles. The number of thioether (sulfide) groups is 1. The molecule has 0 saturated carbocycles. The van der Waals surface area contributed by atoms with Crippen LogP contribution in [0.1, 0.15) is 18.4 Å². The number of nitrogens with one attached hydrogen (secondary N) is 2. The van der Waals surface area contributed by atoms with Crippen molar-refractivity contribution in [2.45, 2.75) is 24.7 Å². The highest BCUT2D eigenvalue weighted by atomic mass is 32.2. The molecule has 2 rings (SSSR count). The SMILES string of the molecule is Cc1cc([N+](=O)[O-])ccc1NC(=O)CSc1cccc(NC(=O)CCC(=O)O)c1. The molecule has 0 fully saturated rings. The molecular weight excluding hydrogens is 398 g/mol. The quantitative estimate of drug-likeness (QED) is 0.323. The zero-order valence-corrected chi connectivity index (χ0v) is 16.3. The predicted octanol–water partition coefficient (Wildman–Crippen LogP) is 3.44. The van der Waals surface area contributed by atoms with Crippen molar-refractivity contribution < 1.29 is 24.4 Å². The number of nitrogens with zero attached hydrogens (tertiary/aromatic N) is 1. The minimum absolute atomic E-state index is 0.0444. The van der Waals surface area contributed by atoms with Gasteiger partial charge in [0.25, 0.3) is 5.69 Å². The van der Waals surface area contributed by atoms with E-state index < -0.39 is 16.8 Å². The molecule has 0 bridgehead atoms. The lowest BCUT2D eigenvalue weighted by molar-refractivity contribution is -0.384. The van der Waals surface area contributed by atoms with Gasteiger partial charge in [0, 0.05) is 34.8 Å². The van der Waals surface area contributed by atoms with Crippen LogP contribution in [0.15, 0.2) is 47.4 Å². The van der Waals surface area contributed by atoms with Crippen LogP contribution in [0.25, 0.3) is 0 Å². The number of carboxylic acid groups (broad SMARTS) is 1. The number of rotatable bonds is 9. The van der Waals surface area contributed by atoms with Crippen molar-refractivity contribution in [3.8, 4) is 0 Å². The molecule has 152 valence electrons. The molecule has 2 amide bonds. The highest BCUT2D eigenvalue weighted by Crippen LogP contribution is 2.24. The van der Waals surface area contributed by atoms with Crippen LogP contribution < -0.4 is 10.6 Å². The van der Waals surface area contributed by atoms with Gasteiger partial charge in [0.05, 0.1) is 17.1 Å². The van der Waals surface area contributed by atoms with Crippen molar-refractivity contribution in [2.24, 2.45) is 0 Å². The molecule has 0 unspecified atom stereocenters. The molecule has 9 nitrogen and oxygen atoms in total. The first kappa shape index (κ1) is 21.9. The summed E-state index contributed by atoms with van der Waals surface area (Å²) >= 11 is 1.26. The zero-order valence-electron chi connectivity index (χ0n) is 15.5. The average Bonchev–Trinajstić information content (AvgIpc) is 2.66. The van der Waals surface area contributed by atoms with E-state index in [-0.39, 0.29) is 30.2 Å². The highest BCUT2D eigenvalue weighted by Gasteiger charge is 2.11. The molecule has 3 N–H and O–H groups in total. The van der Waals surface area contributed by atoms with Crippen LogP contribution in [-0.2, 0) is 14.4 Å². The molecule has 0 saturated heterocycles. The van der Waals surface area contributed by atoms with Crippen LogP contribution in [0.2, 0.25) is 0 Å². The molecule has 0 spiro atoms. The highest BCUT2D eigenvalue weighted by molar-refractivity contribution is 8.00. The molecule has 0 heterocycles. The first-order valence-corrected chi connectivity index (χ1v) is 9.52. The minimum Gasteiger partial charge on any atom is -0.481 e. The summed E-state index contributed by atoms with van der Waals surface area (Å²) < 4.78 is 0. The van der Waals surface area contributed by atoms with Gasteiger partial charge in [0.15, 0.2) is 0 Å². The fourth-order valence-corrected chi connectivity index (χ4v) is 3.10. The Morgan fingerprint density at radius 1 is 1.07 bits per heavy atom. The van der Waals surface area contributed by atoms with E-state index in [2.05, 4.69) is 10.6 Å². The lowest BCUT2D eigenvalue weighted by Crippen LogP contribution is -2.15. The molecule has 0 aliphatic heterocycles. The van der Waals surface area contributed by atoms with Crippen LogP contribution in [0.3, 0.4) is 0 Å². The number of carbonyl (C=O) groups is 3. The summed E-state index contributed by atoms with van der Waals surface area (Å²) in [4.78, 5) is 45.4. The van der Waals surface area contributed by atoms with E-state index >= 15 is 0 Å². The Balaban J connectivity index is 1.89. The average molecular weight is 417 g/mol. The monoisotopic (exact) mass is 417 g/mol.